The largest absolute Gasteiger partial charge is 0.352 e. The van der Waals surface area contributed by atoms with E-state index < -0.39 is 6.04 Å². The number of imidazole rings is 1. The Morgan fingerprint density at radius 2 is 1.96 bits per heavy atom. The number of amides is 2. The number of carbonyl (C=O) groups is 3. The van der Waals surface area contributed by atoms with Gasteiger partial charge in [0.2, 0.25) is 11.8 Å². The van der Waals surface area contributed by atoms with E-state index in [9.17, 15) is 14.4 Å². The molecule has 7 heteroatoms. The van der Waals surface area contributed by atoms with Crippen LogP contribution in [-0.2, 0) is 20.9 Å². The van der Waals surface area contributed by atoms with Gasteiger partial charge in [-0.1, -0.05) is 32.6 Å². The van der Waals surface area contributed by atoms with E-state index in [1.807, 2.05) is 6.92 Å². The lowest BCUT2D eigenvalue weighted by atomic mass is 10.0. The first-order valence-electron chi connectivity index (χ1n) is 10.2. The van der Waals surface area contributed by atoms with Gasteiger partial charge in [-0.3, -0.25) is 14.4 Å². The van der Waals surface area contributed by atoms with E-state index in [2.05, 4.69) is 15.6 Å². The van der Waals surface area contributed by atoms with Gasteiger partial charge in [0.25, 0.3) is 0 Å². The lowest BCUT2D eigenvalue weighted by Crippen LogP contribution is -2.49. The average Bonchev–Trinajstić information content (AvgIpc) is 3.34. The number of hydrogen-bond acceptors (Lipinski definition) is 4. The Hall–Kier alpha value is -2.18. The summed E-state index contributed by atoms with van der Waals surface area (Å²) in [4.78, 5) is 40.3. The van der Waals surface area contributed by atoms with Gasteiger partial charge >= 0.3 is 0 Å². The van der Waals surface area contributed by atoms with Crippen molar-refractivity contribution in [1.82, 2.24) is 20.2 Å². The molecule has 7 nitrogen and oxygen atoms in total. The fourth-order valence-corrected chi connectivity index (χ4v) is 3.45. The summed E-state index contributed by atoms with van der Waals surface area (Å²) in [7, 11) is 0. The molecule has 1 saturated carbocycles. The minimum atomic E-state index is -0.525. The minimum Gasteiger partial charge on any atom is -0.352 e. The molecule has 0 bridgehead atoms. The SMILES string of the molecule is CCC(=O)CCCCCC(NC(=O)Cn1ccnc1)C(=O)NC1CCCC1. The second kappa shape index (κ2) is 11.5. The zero-order chi connectivity index (χ0) is 19.5. The van der Waals surface area contributed by atoms with Crippen molar-refractivity contribution in [2.24, 2.45) is 0 Å². The number of Topliss-reactive ketones (excluding diaryl/α,β-unsaturated/α-hetero) is 1. The van der Waals surface area contributed by atoms with Crippen LogP contribution in [-0.4, -0.2) is 39.2 Å². The molecule has 2 N–H and O–H groups in total. The smallest absolute Gasteiger partial charge is 0.242 e. The Bertz CT molecular complexity index is 594. The van der Waals surface area contributed by atoms with Crippen LogP contribution in [0.25, 0.3) is 0 Å². The summed E-state index contributed by atoms with van der Waals surface area (Å²) >= 11 is 0. The molecular weight excluding hydrogens is 344 g/mol. The number of rotatable bonds is 12. The minimum absolute atomic E-state index is 0.0921. The highest BCUT2D eigenvalue weighted by Crippen LogP contribution is 2.18. The molecule has 1 atom stereocenters. The summed E-state index contributed by atoms with van der Waals surface area (Å²) < 4.78 is 1.68. The Morgan fingerprint density at radius 3 is 2.63 bits per heavy atom. The van der Waals surface area contributed by atoms with Gasteiger partial charge in [0, 0.05) is 31.3 Å². The van der Waals surface area contributed by atoms with E-state index in [1.165, 1.54) is 0 Å². The third kappa shape index (κ3) is 7.93. The predicted octanol–water partition coefficient (Wildman–Crippen LogP) is 2.36. The van der Waals surface area contributed by atoms with Crippen molar-refractivity contribution in [2.45, 2.75) is 89.8 Å². The first-order chi connectivity index (χ1) is 13.1. The molecule has 1 aromatic rings. The number of nitrogens with zero attached hydrogens (tertiary/aromatic N) is 2. The normalized spacial score (nSPS) is 15.4. The van der Waals surface area contributed by atoms with Crippen LogP contribution in [0.15, 0.2) is 18.7 Å². The summed E-state index contributed by atoms with van der Waals surface area (Å²) in [6.07, 6.45) is 13.6. The standard InChI is InChI=1S/C20H32N4O3/c1-2-17(25)10-4-3-5-11-18(20(27)22-16-8-6-7-9-16)23-19(26)14-24-13-12-21-15-24/h12-13,15-16,18H,2-11,14H2,1H3,(H,22,27)(H,23,26). The summed E-state index contributed by atoms with van der Waals surface area (Å²) in [6, 6.07) is -0.295. The topological polar surface area (TPSA) is 93.1 Å². The number of aromatic nitrogens is 2. The fourth-order valence-electron chi connectivity index (χ4n) is 3.45. The lowest BCUT2D eigenvalue weighted by Gasteiger charge is -2.21. The predicted molar refractivity (Wildman–Crippen MR) is 103 cm³/mol. The van der Waals surface area contributed by atoms with Crippen molar-refractivity contribution in [3.05, 3.63) is 18.7 Å². The van der Waals surface area contributed by atoms with E-state index in [0.29, 0.717) is 19.3 Å². The molecule has 27 heavy (non-hydrogen) atoms. The van der Waals surface area contributed by atoms with Crippen LogP contribution < -0.4 is 10.6 Å². The van der Waals surface area contributed by atoms with Crippen LogP contribution in [0, 0.1) is 0 Å². The highest BCUT2D eigenvalue weighted by Gasteiger charge is 2.24. The summed E-state index contributed by atoms with van der Waals surface area (Å²) in [5.74, 6) is -0.00888. The maximum absolute atomic E-state index is 12.7. The van der Waals surface area contributed by atoms with Crippen molar-refractivity contribution in [3.8, 4) is 0 Å². The van der Waals surface area contributed by atoms with Gasteiger partial charge in [0.05, 0.1) is 6.33 Å². The van der Waals surface area contributed by atoms with Gasteiger partial charge in [0.1, 0.15) is 18.4 Å². The number of unbranched alkanes of at least 4 members (excludes halogenated alkanes) is 2. The van der Waals surface area contributed by atoms with E-state index in [-0.39, 0.29) is 30.2 Å². The number of carbonyl (C=O) groups excluding carboxylic acids is 3. The van der Waals surface area contributed by atoms with Crippen LogP contribution in [0.3, 0.4) is 0 Å². The van der Waals surface area contributed by atoms with Crippen LogP contribution in [0.1, 0.15) is 71.1 Å². The summed E-state index contributed by atoms with van der Waals surface area (Å²) in [6.45, 7) is 2.03. The molecule has 1 fully saturated rings. The molecule has 1 aliphatic carbocycles. The van der Waals surface area contributed by atoms with Crippen LogP contribution >= 0.6 is 0 Å². The van der Waals surface area contributed by atoms with Gasteiger partial charge in [-0.2, -0.15) is 0 Å². The van der Waals surface area contributed by atoms with E-state index in [1.54, 1.807) is 23.3 Å². The molecule has 0 saturated heterocycles. The zero-order valence-corrected chi connectivity index (χ0v) is 16.3. The molecule has 150 valence electrons. The average molecular weight is 377 g/mol. The Kier molecular flexibility index (Phi) is 9.01. The van der Waals surface area contributed by atoms with Crippen molar-refractivity contribution in [3.63, 3.8) is 0 Å². The maximum atomic E-state index is 12.7. The fraction of sp³-hybridized carbons (Fsp3) is 0.700. The molecule has 1 aliphatic rings. The van der Waals surface area contributed by atoms with Crippen LogP contribution in [0.4, 0.5) is 0 Å². The van der Waals surface area contributed by atoms with Crippen molar-refractivity contribution >= 4 is 17.6 Å². The third-order valence-electron chi connectivity index (χ3n) is 5.08. The third-order valence-corrected chi connectivity index (χ3v) is 5.08. The van der Waals surface area contributed by atoms with Gasteiger partial charge in [0.15, 0.2) is 0 Å². The van der Waals surface area contributed by atoms with Gasteiger partial charge in [-0.05, 0) is 25.7 Å². The van der Waals surface area contributed by atoms with E-state index >= 15 is 0 Å². The summed E-state index contributed by atoms with van der Waals surface area (Å²) in [5, 5.41) is 5.96. The maximum Gasteiger partial charge on any atom is 0.242 e. The number of hydrogen-bond donors (Lipinski definition) is 2. The monoisotopic (exact) mass is 376 g/mol. The molecule has 0 aliphatic heterocycles. The van der Waals surface area contributed by atoms with Gasteiger partial charge in [-0.15, -0.1) is 0 Å². The van der Waals surface area contributed by atoms with Crippen molar-refractivity contribution in [2.75, 3.05) is 0 Å². The molecule has 2 amide bonds. The molecule has 2 rings (SSSR count). The zero-order valence-electron chi connectivity index (χ0n) is 16.3. The number of nitrogens with one attached hydrogen (secondary N) is 2. The van der Waals surface area contributed by atoms with Gasteiger partial charge in [-0.25, -0.2) is 4.98 Å². The highest BCUT2D eigenvalue weighted by atomic mass is 16.2. The second-order valence-electron chi connectivity index (χ2n) is 7.34. The van der Waals surface area contributed by atoms with Crippen molar-refractivity contribution < 1.29 is 14.4 Å². The molecule has 0 aromatic carbocycles. The summed E-state index contributed by atoms with van der Waals surface area (Å²) in [5.41, 5.74) is 0. The highest BCUT2D eigenvalue weighted by molar-refractivity contribution is 5.87. The lowest BCUT2D eigenvalue weighted by molar-refractivity contribution is -0.129. The van der Waals surface area contributed by atoms with Crippen molar-refractivity contribution in [1.29, 1.82) is 0 Å². The van der Waals surface area contributed by atoms with Gasteiger partial charge < -0.3 is 15.2 Å². The van der Waals surface area contributed by atoms with Crippen LogP contribution in [0.5, 0.6) is 0 Å². The number of ketones is 1. The first-order valence-corrected chi connectivity index (χ1v) is 10.2. The van der Waals surface area contributed by atoms with E-state index in [4.69, 9.17) is 0 Å². The molecule has 1 heterocycles. The molecule has 1 aromatic heterocycles. The second-order valence-corrected chi connectivity index (χ2v) is 7.34. The quantitative estimate of drug-likeness (QED) is 0.548. The Labute approximate surface area is 161 Å². The van der Waals surface area contributed by atoms with Crippen LogP contribution in [0.2, 0.25) is 0 Å². The Balaban J connectivity index is 1.81. The Morgan fingerprint density at radius 1 is 1.19 bits per heavy atom. The van der Waals surface area contributed by atoms with E-state index in [0.717, 1.165) is 44.9 Å². The molecule has 1 unspecified atom stereocenters. The molecule has 0 spiro atoms. The molecular formula is C20H32N4O3. The molecule has 0 radical (unpaired) electrons. The first kappa shape index (κ1) is 21.1.